The summed E-state index contributed by atoms with van der Waals surface area (Å²) in [4.78, 5) is 27.3. The molecule has 1 N–H and O–H groups in total. The van der Waals surface area contributed by atoms with Gasteiger partial charge in [0.05, 0.1) is 11.5 Å². The number of anilines is 1. The molecule has 7 nitrogen and oxygen atoms in total. The second kappa shape index (κ2) is 6.02. The molecule has 7 heteroatoms. The Morgan fingerprint density at radius 3 is 3.27 bits per heavy atom. The lowest BCUT2D eigenvalue weighted by Crippen LogP contribution is -2.33. The van der Waals surface area contributed by atoms with Crippen LogP contribution in [0.4, 0.5) is 5.82 Å². The molecular formula is C15H18N6O. The third-order valence-corrected chi connectivity index (χ3v) is 4.11. The van der Waals surface area contributed by atoms with Crippen LogP contribution in [0.25, 0.3) is 11.0 Å². The van der Waals surface area contributed by atoms with Gasteiger partial charge >= 0.3 is 0 Å². The van der Waals surface area contributed by atoms with E-state index in [4.69, 9.17) is 5.26 Å². The van der Waals surface area contributed by atoms with Crippen molar-refractivity contribution in [2.45, 2.75) is 12.8 Å². The van der Waals surface area contributed by atoms with Gasteiger partial charge in [0.25, 0.3) is 0 Å². The molecule has 1 unspecified atom stereocenters. The van der Waals surface area contributed by atoms with Crippen molar-refractivity contribution < 1.29 is 4.79 Å². The first-order valence-corrected chi connectivity index (χ1v) is 7.33. The number of carbonyl (C=O) groups excluding carboxylic acids is 1. The topological polar surface area (TPSA) is 88.9 Å². The number of nitrogens with zero attached hydrogens (tertiary/aromatic N) is 5. The molecule has 1 atom stereocenters. The van der Waals surface area contributed by atoms with E-state index in [-0.39, 0.29) is 12.3 Å². The van der Waals surface area contributed by atoms with E-state index >= 15 is 0 Å². The molecule has 1 fully saturated rings. The number of aromatic amines is 1. The molecule has 1 aliphatic heterocycles. The zero-order valence-electron chi connectivity index (χ0n) is 12.5. The molecule has 114 valence electrons. The number of amides is 1. The molecular weight excluding hydrogens is 280 g/mol. The van der Waals surface area contributed by atoms with Crippen molar-refractivity contribution in [3.05, 3.63) is 18.6 Å². The van der Waals surface area contributed by atoms with Crippen molar-refractivity contribution in [3.63, 3.8) is 0 Å². The molecule has 3 rings (SSSR count). The van der Waals surface area contributed by atoms with Crippen LogP contribution >= 0.6 is 0 Å². The van der Waals surface area contributed by atoms with Gasteiger partial charge < -0.3 is 14.8 Å². The average Bonchev–Trinajstić information content (AvgIpc) is 3.15. The third kappa shape index (κ3) is 2.72. The van der Waals surface area contributed by atoms with Crippen LogP contribution in [0.1, 0.15) is 12.8 Å². The van der Waals surface area contributed by atoms with Gasteiger partial charge in [-0.2, -0.15) is 5.26 Å². The standard InChI is InChI=1S/C15H18N6O/c1-20(13(22)2-5-16)8-11-4-7-21(9-11)15-12-3-6-17-14(12)18-10-19-15/h3,6,10-11H,2,4,7-9H2,1H3,(H,17,18,19). The molecule has 1 amide bonds. The Labute approximate surface area is 128 Å². The monoisotopic (exact) mass is 298 g/mol. The van der Waals surface area contributed by atoms with Gasteiger partial charge in [-0.3, -0.25) is 4.79 Å². The lowest BCUT2D eigenvalue weighted by molar-refractivity contribution is -0.129. The first-order chi connectivity index (χ1) is 10.7. The van der Waals surface area contributed by atoms with Crippen LogP contribution in [0.15, 0.2) is 18.6 Å². The van der Waals surface area contributed by atoms with E-state index in [0.29, 0.717) is 12.5 Å². The summed E-state index contributed by atoms with van der Waals surface area (Å²) in [5, 5.41) is 9.62. The maximum Gasteiger partial charge on any atom is 0.236 e. The SMILES string of the molecule is CN(CC1CCN(c2ncnc3[nH]ccc23)C1)C(=O)CC#N. The van der Waals surface area contributed by atoms with Gasteiger partial charge in [-0.15, -0.1) is 0 Å². The minimum absolute atomic E-state index is 0.0528. The van der Waals surface area contributed by atoms with E-state index in [9.17, 15) is 4.79 Å². The molecule has 22 heavy (non-hydrogen) atoms. The zero-order chi connectivity index (χ0) is 15.5. The number of H-pyrrole nitrogens is 1. The number of rotatable bonds is 4. The van der Waals surface area contributed by atoms with Crippen LogP contribution in [-0.4, -0.2) is 52.4 Å². The summed E-state index contributed by atoms with van der Waals surface area (Å²) in [5.74, 6) is 1.23. The van der Waals surface area contributed by atoms with Crippen LogP contribution in [-0.2, 0) is 4.79 Å². The summed E-state index contributed by atoms with van der Waals surface area (Å²) in [7, 11) is 1.76. The summed E-state index contributed by atoms with van der Waals surface area (Å²) in [6.07, 6.45) is 4.40. The number of hydrogen-bond donors (Lipinski definition) is 1. The highest BCUT2D eigenvalue weighted by atomic mass is 16.2. The van der Waals surface area contributed by atoms with Crippen molar-refractivity contribution in [1.29, 1.82) is 5.26 Å². The Morgan fingerprint density at radius 2 is 2.45 bits per heavy atom. The number of nitrogens with one attached hydrogen (secondary N) is 1. The fourth-order valence-electron chi connectivity index (χ4n) is 2.98. The summed E-state index contributed by atoms with van der Waals surface area (Å²) >= 11 is 0. The van der Waals surface area contributed by atoms with Gasteiger partial charge in [-0.25, -0.2) is 9.97 Å². The molecule has 0 spiro atoms. The highest BCUT2D eigenvalue weighted by Gasteiger charge is 2.26. The van der Waals surface area contributed by atoms with Crippen molar-refractivity contribution >= 4 is 22.8 Å². The molecule has 2 aromatic rings. The first kappa shape index (κ1) is 14.3. The van der Waals surface area contributed by atoms with Gasteiger partial charge in [0.15, 0.2) is 0 Å². The van der Waals surface area contributed by atoms with Gasteiger partial charge in [0.1, 0.15) is 24.2 Å². The molecule has 0 saturated carbocycles. The van der Waals surface area contributed by atoms with Gasteiger partial charge in [-0.1, -0.05) is 0 Å². The molecule has 2 aromatic heterocycles. The predicted octanol–water partition coefficient (Wildman–Crippen LogP) is 1.16. The minimum Gasteiger partial charge on any atom is -0.356 e. The Morgan fingerprint density at radius 1 is 1.59 bits per heavy atom. The minimum atomic E-state index is -0.115. The van der Waals surface area contributed by atoms with Gasteiger partial charge in [0.2, 0.25) is 5.91 Å². The molecule has 1 aliphatic rings. The van der Waals surface area contributed by atoms with E-state index in [2.05, 4.69) is 19.9 Å². The Bertz CT molecular complexity index is 718. The van der Waals surface area contributed by atoms with Crippen molar-refractivity contribution in [2.75, 3.05) is 31.6 Å². The van der Waals surface area contributed by atoms with Crippen LogP contribution in [0.5, 0.6) is 0 Å². The van der Waals surface area contributed by atoms with Crippen LogP contribution in [0.2, 0.25) is 0 Å². The number of nitriles is 1. The van der Waals surface area contributed by atoms with E-state index in [1.807, 2.05) is 18.3 Å². The maximum atomic E-state index is 11.7. The van der Waals surface area contributed by atoms with Crippen molar-refractivity contribution in [1.82, 2.24) is 19.9 Å². The molecule has 0 aromatic carbocycles. The second-order valence-electron chi connectivity index (χ2n) is 5.65. The average molecular weight is 298 g/mol. The van der Waals surface area contributed by atoms with E-state index < -0.39 is 0 Å². The van der Waals surface area contributed by atoms with Gasteiger partial charge in [-0.05, 0) is 18.4 Å². The lowest BCUT2D eigenvalue weighted by atomic mass is 10.1. The molecule has 1 saturated heterocycles. The highest BCUT2D eigenvalue weighted by molar-refractivity contribution is 5.87. The smallest absolute Gasteiger partial charge is 0.236 e. The first-order valence-electron chi connectivity index (χ1n) is 7.33. The van der Waals surface area contributed by atoms with Gasteiger partial charge in [0, 0.05) is 32.9 Å². The Hall–Kier alpha value is -2.62. The van der Waals surface area contributed by atoms with E-state index in [1.54, 1.807) is 18.3 Å². The number of hydrogen-bond acceptors (Lipinski definition) is 5. The fraction of sp³-hybridized carbons (Fsp3) is 0.467. The zero-order valence-corrected chi connectivity index (χ0v) is 12.5. The number of fused-ring (bicyclic) bond motifs is 1. The quantitative estimate of drug-likeness (QED) is 0.915. The second-order valence-corrected chi connectivity index (χ2v) is 5.65. The van der Waals surface area contributed by atoms with Crippen LogP contribution in [0, 0.1) is 17.2 Å². The maximum absolute atomic E-state index is 11.7. The van der Waals surface area contributed by atoms with Crippen LogP contribution in [0.3, 0.4) is 0 Å². The summed E-state index contributed by atoms with van der Waals surface area (Å²) in [6.45, 7) is 2.46. The Balaban J connectivity index is 1.67. The summed E-state index contributed by atoms with van der Waals surface area (Å²) in [5.41, 5.74) is 0.842. The normalized spacial score (nSPS) is 17.6. The Kier molecular flexibility index (Phi) is 3.92. The number of aromatic nitrogens is 3. The van der Waals surface area contributed by atoms with Crippen LogP contribution < -0.4 is 4.90 Å². The van der Waals surface area contributed by atoms with Crippen molar-refractivity contribution in [3.8, 4) is 6.07 Å². The van der Waals surface area contributed by atoms with Crippen molar-refractivity contribution in [2.24, 2.45) is 5.92 Å². The predicted molar refractivity (Wildman–Crippen MR) is 82.1 cm³/mol. The molecule has 0 bridgehead atoms. The summed E-state index contributed by atoms with van der Waals surface area (Å²) in [6, 6.07) is 3.89. The largest absolute Gasteiger partial charge is 0.356 e. The third-order valence-electron chi connectivity index (χ3n) is 4.11. The summed E-state index contributed by atoms with van der Waals surface area (Å²) < 4.78 is 0. The van der Waals surface area contributed by atoms with E-state index in [0.717, 1.165) is 36.4 Å². The lowest BCUT2D eigenvalue weighted by Gasteiger charge is -2.21. The molecule has 0 aliphatic carbocycles. The molecule has 0 radical (unpaired) electrons. The van der Waals surface area contributed by atoms with E-state index in [1.165, 1.54) is 0 Å². The number of carbonyl (C=O) groups is 1. The fourth-order valence-corrected chi connectivity index (χ4v) is 2.98. The highest BCUT2D eigenvalue weighted by Crippen LogP contribution is 2.27. The molecule has 3 heterocycles.